The van der Waals surface area contributed by atoms with E-state index in [2.05, 4.69) is 31.2 Å². The second-order valence-electron chi connectivity index (χ2n) is 5.54. The van der Waals surface area contributed by atoms with Gasteiger partial charge in [0.25, 0.3) is 0 Å². The Morgan fingerprint density at radius 1 is 1.44 bits per heavy atom. The summed E-state index contributed by atoms with van der Waals surface area (Å²) >= 11 is 6.12. The fourth-order valence-corrected chi connectivity index (χ4v) is 2.96. The molecule has 18 heavy (non-hydrogen) atoms. The van der Waals surface area contributed by atoms with Crippen molar-refractivity contribution < 1.29 is 0 Å². The zero-order chi connectivity index (χ0) is 13.0. The summed E-state index contributed by atoms with van der Waals surface area (Å²) in [5, 5.41) is 4.38. The summed E-state index contributed by atoms with van der Waals surface area (Å²) < 4.78 is 2.00. The van der Waals surface area contributed by atoms with Crippen LogP contribution in [0.15, 0.2) is 18.0 Å². The van der Waals surface area contributed by atoms with Gasteiger partial charge in [-0.1, -0.05) is 30.9 Å². The van der Waals surface area contributed by atoms with Crippen LogP contribution in [0.25, 0.3) is 6.08 Å². The van der Waals surface area contributed by atoms with Crippen molar-refractivity contribution in [3.05, 3.63) is 23.5 Å². The number of allylic oxidation sites excluding steroid dienone is 1. The van der Waals surface area contributed by atoms with E-state index >= 15 is 0 Å². The average Bonchev–Trinajstić information content (AvgIpc) is 2.86. The topological polar surface area (TPSA) is 17.8 Å². The average molecular weight is 267 g/mol. The molecule has 1 aliphatic carbocycles. The van der Waals surface area contributed by atoms with Gasteiger partial charge in [-0.2, -0.15) is 5.10 Å². The van der Waals surface area contributed by atoms with Crippen molar-refractivity contribution in [3.8, 4) is 0 Å². The molecule has 1 saturated carbocycles. The molecule has 0 amide bonds. The lowest BCUT2D eigenvalue weighted by atomic mass is 9.84. The first-order valence-corrected chi connectivity index (χ1v) is 7.54. The second kappa shape index (κ2) is 6.42. The van der Waals surface area contributed by atoms with Gasteiger partial charge in [-0.05, 0) is 32.6 Å². The van der Waals surface area contributed by atoms with Crippen molar-refractivity contribution in [2.45, 2.75) is 52.0 Å². The number of alkyl halides is 1. The van der Waals surface area contributed by atoms with E-state index in [4.69, 9.17) is 11.6 Å². The lowest BCUT2D eigenvalue weighted by Crippen LogP contribution is -2.10. The highest BCUT2D eigenvalue weighted by Crippen LogP contribution is 2.31. The molecule has 3 heteroatoms. The normalized spacial score (nSPS) is 18.6. The van der Waals surface area contributed by atoms with Gasteiger partial charge in [0.1, 0.15) is 0 Å². The smallest absolute Gasteiger partial charge is 0.0562 e. The Morgan fingerprint density at radius 2 is 2.17 bits per heavy atom. The SMILES string of the molecule is CC(C)n1cc(/C=C(/CCl)C2CCCCC2)cn1. The maximum absolute atomic E-state index is 6.12. The van der Waals surface area contributed by atoms with E-state index in [1.807, 2.05) is 10.9 Å². The molecule has 1 aromatic heterocycles. The minimum absolute atomic E-state index is 0.418. The molecule has 0 aliphatic heterocycles. The van der Waals surface area contributed by atoms with E-state index in [0.717, 1.165) is 0 Å². The summed E-state index contributed by atoms with van der Waals surface area (Å²) in [6.45, 7) is 4.29. The third-order valence-electron chi connectivity index (χ3n) is 3.79. The van der Waals surface area contributed by atoms with Crippen LogP contribution in [0.2, 0.25) is 0 Å². The molecule has 100 valence electrons. The molecule has 1 aromatic rings. The summed E-state index contributed by atoms with van der Waals surface area (Å²) in [7, 11) is 0. The predicted octanol–water partition coefficient (Wildman–Crippen LogP) is 4.67. The molecule has 2 nitrogen and oxygen atoms in total. The predicted molar refractivity (Wildman–Crippen MR) is 77.9 cm³/mol. The maximum atomic E-state index is 6.12. The molecule has 0 unspecified atom stereocenters. The van der Waals surface area contributed by atoms with Crippen molar-refractivity contribution in [3.63, 3.8) is 0 Å². The van der Waals surface area contributed by atoms with Crippen LogP contribution < -0.4 is 0 Å². The first kappa shape index (κ1) is 13.7. The number of rotatable bonds is 4. The van der Waals surface area contributed by atoms with Crippen molar-refractivity contribution in [1.29, 1.82) is 0 Å². The lowest BCUT2D eigenvalue weighted by molar-refractivity contribution is 0.405. The molecule has 0 saturated heterocycles. The highest BCUT2D eigenvalue weighted by molar-refractivity contribution is 6.19. The second-order valence-corrected chi connectivity index (χ2v) is 5.80. The Balaban J connectivity index is 2.11. The van der Waals surface area contributed by atoms with Gasteiger partial charge < -0.3 is 0 Å². The summed E-state index contributed by atoms with van der Waals surface area (Å²) in [6, 6.07) is 0.418. The minimum atomic E-state index is 0.418. The number of hydrogen-bond donors (Lipinski definition) is 0. The van der Waals surface area contributed by atoms with Crippen molar-refractivity contribution >= 4 is 17.7 Å². The maximum Gasteiger partial charge on any atom is 0.0562 e. The highest BCUT2D eigenvalue weighted by atomic mass is 35.5. The zero-order valence-corrected chi connectivity index (χ0v) is 12.2. The number of aromatic nitrogens is 2. The quantitative estimate of drug-likeness (QED) is 0.725. The standard InChI is InChI=1S/C15H23ClN2/c1-12(2)18-11-13(10-17-18)8-15(9-16)14-6-4-3-5-7-14/h8,10-12,14H,3-7,9H2,1-2H3/b15-8-. The van der Waals surface area contributed by atoms with E-state index in [1.165, 1.54) is 43.2 Å². The fourth-order valence-electron chi connectivity index (χ4n) is 2.66. The third kappa shape index (κ3) is 3.38. The monoisotopic (exact) mass is 266 g/mol. The molecule has 1 fully saturated rings. The van der Waals surface area contributed by atoms with Crippen molar-refractivity contribution in [2.75, 3.05) is 5.88 Å². The van der Waals surface area contributed by atoms with Crippen LogP contribution in [0.1, 0.15) is 57.6 Å². The molecule has 1 aliphatic rings. The number of nitrogens with zero attached hydrogens (tertiary/aromatic N) is 2. The van der Waals surface area contributed by atoms with Gasteiger partial charge >= 0.3 is 0 Å². The highest BCUT2D eigenvalue weighted by Gasteiger charge is 2.17. The molecular formula is C15H23ClN2. The summed E-state index contributed by atoms with van der Waals surface area (Å²) in [6.07, 6.45) is 13.0. The van der Waals surface area contributed by atoms with Crippen LogP contribution in [0, 0.1) is 5.92 Å². The Bertz CT molecular complexity index is 400. The molecule has 1 heterocycles. The molecule has 0 N–H and O–H groups in total. The van der Waals surface area contributed by atoms with E-state index in [1.54, 1.807) is 0 Å². The van der Waals surface area contributed by atoms with Crippen LogP contribution >= 0.6 is 11.6 Å². The molecule has 2 rings (SSSR count). The third-order valence-corrected chi connectivity index (χ3v) is 4.10. The molecule has 0 spiro atoms. The van der Waals surface area contributed by atoms with Crippen LogP contribution in [0.5, 0.6) is 0 Å². The van der Waals surface area contributed by atoms with E-state index in [0.29, 0.717) is 17.8 Å². The Labute approximate surface area is 115 Å². The van der Waals surface area contributed by atoms with Gasteiger partial charge in [-0.3, -0.25) is 4.68 Å². The van der Waals surface area contributed by atoms with Crippen LogP contribution in [-0.2, 0) is 0 Å². The zero-order valence-electron chi connectivity index (χ0n) is 11.4. The molecule has 0 aromatic carbocycles. The summed E-state index contributed by atoms with van der Waals surface area (Å²) in [5.41, 5.74) is 2.57. The van der Waals surface area contributed by atoms with Gasteiger partial charge in [-0.15, -0.1) is 11.6 Å². The van der Waals surface area contributed by atoms with E-state index in [9.17, 15) is 0 Å². The number of hydrogen-bond acceptors (Lipinski definition) is 1. The van der Waals surface area contributed by atoms with E-state index < -0.39 is 0 Å². The molecular weight excluding hydrogens is 244 g/mol. The van der Waals surface area contributed by atoms with Gasteiger partial charge in [0.2, 0.25) is 0 Å². The Kier molecular flexibility index (Phi) is 4.87. The minimum Gasteiger partial charge on any atom is -0.270 e. The van der Waals surface area contributed by atoms with Gasteiger partial charge in [0, 0.05) is 23.7 Å². The van der Waals surface area contributed by atoms with Gasteiger partial charge in [-0.25, -0.2) is 0 Å². The van der Waals surface area contributed by atoms with Crippen LogP contribution in [0.3, 0.4) is 0 Å². The van der Waals surface area contributed by atoms with Crippen molar-refractivity contribution in [2.24, 2.45) is 5.92 Å². The lowest BCUT2D eigenvalue weighted by Gasteiger charge is -2.23. The fraction of sp³-hybridized carbons (Fsp3) is 0.667. The van der Waals surface area contributed by atoms with Gasteiger partial charge in [0.05, 0.1) is 6.20 Å². The van der Waals surface area contributed by atoms with Gasteiger partial charge in [0.15, 0.2) is 0 Å². The molecule has 0 atom stereocenters. The Hall–Kier alpha value is -0.760. The van der Waals surface area contributed by atoms with E-state index in [-0.39, 0.29) is 0 Å². The Morgan fingerprint density at radius 3 is 2.72 bits per heavy atom. The summed E-state index contributed by atoms with van der Waals surface area (Å²) in [4.78, 5) is 0. The molecule has 0 radical (unpaired) electrons. The number of halogens is 1. The molecule has 0 bridgehead atoms. The summed E-state index contributed by atoms with van der Waals surface area (Å²) in [5.74, 6) is 1.34. The van der Waals surface area contributed by atoms with Crippen LogP contribution in [-0.4, -0.2) is 15.7 Å². The largest absolute Gasteiger partial charge is 0.270 e. The van der Waals surface area contributed by atoms with Crippen LogP contribution in [0.4, 0.5) is 0 Å². The first-order chi connectivity index (χ1) is 8.70. The first-order valence-electron chi connectivity index (χ1n) is 7.01. The van der Waals surface area contributed by atoms with Crippen molar-refractivity contribution in [1.82, 2.24) is 9.78 Å².